The predicted octanol–water partition coefficient (Wildman–Crippen LogP) is 3.99. The smallest absolute Gasteiger partial charge is 0.251 e. The Morgan fingerprint density at radius 1 is 1.24 bits per heavy atom. The first-order valence-electron chi connectivity index (χ1n) is 7.65. The van der Waals surface area contributed by atoms with E-state index >= 15 is 0 Å². The van der Waals surface area contributed by atoms with Gasteiger partial charge in [-0.25, -0.2) is 0 Å². The number of nitrogens with one attached hydrogen (secondary N) is 2. The van der Waals surface area contributed by atoms with Crippen LogP contribution in [-0.2, 0) is 11.2 Å². The van der Waals surface area contributed by atoms with Gasteiger partial charge in [-0.15, -0.1) is 0 Å². The molecule has 0 aliphatic carbocycles. The molecule has 25 heavy (non-hydrogen) atoms. The second-order valence-corrected chi connectivity index (χ2v) is 6.62. The monoisotopic (exact) mass is 378 g/mol. The molecule has 1 atom stereocenters. The Bertz CT molecular complexity index is 844. The van der Waals surface area contributed by atoms with Crippen LogP contribution in [0.25, 0.3) is 0 Å². The molecule has 5 nitrogen and oxygen atoms in total. The third-order valence-corrected chi connectivity index (χ3v) is 4.63. The number of methoxy groups -OCH3 is 1. The van der Waals surface area contributed by atoms with Gasteiger partial charge in [0.05, 0.1) is 29.6 Å². The minimum atomic E-state index is -0.298. The second kappa shape index (κ2) is 6.94. The number of fused-ring (bicyclic) bond motifs is 1. The molecular weight excluding hydrogens is 363 g/mol. The van der Waals surface area contributed by atoms with Gasteiger partial charge in [0, 0.05) is 11.3 Å². The zero-order valence-electron chi connectivity index (χ0n) is 13.7. The predicted molar refractivity (Wildman–Crippen MR) is 97.7 cm³/mol. The molecule has 0 radical (unpaired) electrons. The Balaban J connectivity index is 1.77. The first kappa shape index (κ1) is 17.6. The maximum Gasteiger partial charge on any atom is 0.251 e. The molecule has 3 rings (SSSR count). The summed E-state index contributed by atoms with van der Waals surface area (Å²) in [6.45, 7) is 1.87. The van der Waals surface area contributed by atoms with Crippen molar-refractivity contribution in [3.63, 3.8) is 0 Å². The van der Waals surface area contributed by atoms with E-state index in [2.05, 4.69) is 10.6 Å². The van der Waals surface area contributed by atoms with Gasteiger partial charge in [0.2, 0.25) is 5.91 Å². The van der Waals surface area contributed by atoms with Crippen LogP contribution in [0.5, 0.6) is 5.75 Å². The van der Waals surface area contributed by atoms with E-state index in [0.717, 1.165) is 16.8 Å². The minimum Gasteiger partial charge on any atom is -0.494 e. The lowest BCUT2D eigenvalue weighted by Crippen LogP contribution is -2.26. The highest BCUT2D eigenvalue weighted by atomic mass is 35.5. The third-order valence-electron chi connectivity index (χ3n) is 4.07. The Morgan fingerprint density at radius 2 is 1.92 bits per heavy atom. The first-order chi connectivity index (χ1) is 11.9. The fourth-order valence-electron chi connectivity index (χ4n) is 2.77. The number of anilines is 1. The van der Waals surface area contributed by atoms with Crippen molar-refractivity contribution >= 4 is 40.7 Å². The van der Waals surface area contributed by atoms with Gasteiger partial charge in [0.25, 0.3) is 5.91 Å². The van der Waals surface area contributed by atoms with Gasteiger partial charge in [-0.2, -0.15) is 0 Å². The number of halogens is 2. The quantitative estimate of drug-likeness (QED) is 0.844. The number of benzene rings is 2. The van der Waals surface area contributed by atoms with Crippen LogP contribution in [0.1, 0.15) is 34.5 Å². The fourth-order valence-corrected chi connectivity index (χ4v) is 3.41. The van der Waals surface area contributed by atoms with Crippen LogP contribution in [0, 0.1) is 0 Å². The zero-order chi connectivity index (χ0) is 18.1. The summed E-state index contributed by atoms with van der Waals surface area (Å²) in [5.74, 6) is 0.0173. The molecule has 1 aliphatic rings. The summed E-state index contributed by atoms with van der Waals surface area (Å²) in [5, 5.41) is 6.24. The third kappa shape index (κ3) is 3.57. The number of carbonyl (C=O) groups is 2. The highest BCUT2D eigenvalue weighted by Gasteiger charge is 2.20. The van der Waals surface area contributed by atoms with Gasteiger partial charge >= 0.3 is 0 Å². The lowest BCUT2D eigenvalue weighted by atomic mass is 10.0. The lowest BCUT2D eigenvalue weighted by molar-refractivity contribution is -0.115. The number of hydrogen-bond donors (Lipinski definition) is 2. The Morgan fingerprint density at radius 3 is 2.56 bits per heavy atom. The second-order valence-electron chi connectivity index (χ2n) is 5.81. The molecule has 2 aromatic rings. The van der Waals surface area contributed by atoms with E-state index in [1.54, 1.807) is 0 Å². The first-order valence-corrected chi connectivity index (χ1v) is 8.41. The molecular formula is C18H16Cl2N2O3. The van der Waals surface area contributed by atoms with Gasteiger partial charge in [0.1, 0.15) is 0 Å². The Labute approximate surface area is 155 Å². The van der Waals surface area contributed by atoms with Crippen molar-refractivity contribution < 1.29 is 14.3 Å². The van der Waals surface area contributed by atoms with Crippen molar-refractivity contribution in [2.24, 2.45) is 0 Å². The van der Waals surface area contributed by atoms with Crippen LogP contribution in [0.4, 0.5) is 5.69 Å². The maximum absolute atomic E-state index is 12.5. The van der Waals surface area contributed by atoms with Crippen molar-refractivity contribution in [3.8, 4) is 5.75 Å². The van der Waals surface area contributed by atoms with Gasteiger partial charge < -0.3 is 15.4 Å². The molecule has 130 valence electrons. The van der Waals surface area contributed by atoms with E-state index in [1.807, 2.05) is 25.1 Å². The van der Waals surface area contributed by atoms with Crippen LogP contribution in [-0.4, -0.2) is 18.9 Å². The molecule has 7 heteroatoms. The molecule has 0 spiro atoms. The van der Waals surface area contributed by atoms with Crippen molar-refractivity contribution in [3.05, 3.63) is 57.1 Å². The summed E-state index contributed by atoms with van der Waals surface area (Å²) in [5.41, 5.74) is 3.01. The van der Waals surface area contributed by atoms with E-state index in [1.165, 1.54) is 19.2 Å². The number of rotatable bonds is 4. The van der Waals surface area contributed by atoms with Crippen LogP contribution in [0.3, 0.4) is 0 Å². The lowest BCUT2D eigenvalue weighted by Gasteiger charge is -2.16. The SMILES string of the molecule is COc1c(Cl)cc(C(=O)NC(C)c2ccc3c(c2)CC(=O)N3)cc1Cl. The standard InChI is InChI=1S/C18H16Cl2N2O3/c1-9(10-3-4-15-11(5-10)8-16(23)22-15)21-18(24)12-6-13(19)17(25-2)14(20)7-12/h3-7,9H,8H2,1-2H3,(H,21,24)(H,22,23). The van der Waals surface area contributed by atoms with Gasteiger partial charge in [0.15, 0.2) is 5.75 Å². The van der Waals surface area contributed by atoms with Gasteiger partial charge in [-0.3, -0.25) is 9.59 Å². The van der Waals surface area contributed by atoms with Crippen molar-refractivity contribution in [2.75, 3.05) is 12.4 Å². The summed E-state index contributed by atoms with van der Waals surface area (Å²) >= 11 is 12.2. The van der Waals surface area contributed by atoms with Crippen LogP contribution < -0.4 is 15.4 Å². The molecule has 1 unspecified atom stereocenters. The van der Waals surface area contributed by atoms with Crippen LogP contribution in [0.15, 0.2) is 30.3 Å². The van der Waals surface area contributed by atoms with E-state index < -0.39 is 0 Å². The highest BCUT2D eigenvalue weighted by molar-refractivity contribution is 6.37. The average molecular weight is 379 g/mol. The topological polar surface area (TPSA) is 67.4 Å². The molecule has 0 aromatic heterocycles. The van der Waals surface area contributed by atoms with Crippen LogP contribution in [0.2, 0.25) is 10.0 Å². The molecule has 2 N–H and O–H groups in total. The zero-order valence-corrected chi connectivity index (χ0v) is 15.2. The fraction of sp³-hybridized carbons (Fsp3) is 0.222. The molecule has 1 aliphatic heterocycles. The molecule has 0 saturated carbocycles. The van der Waals surface area contributed by atoms with Crippen LogP contribution >= 0.6 is 23.2 Å². The summed E-state index contributed by atoms with van der Waals surface area (Å²) in [6, 6.07) is 8.43. The summed E-state index contributed by atoms with van der Waals surface area (Å²) < 4.78 is 5.08. The van der Waals surface area contributed by atoms with E-state index in [4.69, 9.17) is 27.9 Å². The van der Waals surface area contributed by atoms with E-state index in [9.17, 15) is 9.59 Å². The van der Waals surface area contributed by atoms with E-state index in [-0.39, 0.29) is 27.9 Å². The Kier molecular flexibility index (Phi) is 4.88. The number of carbonyl (C=O) groups excluding carboxylic acids is 2. The molecule has 1 heterocycles. The molecule has 2 aromatic carbocycles. The van der Waals surface area contributed by atoms with Gasteiger partial charge in [-0.1, -0.05) is 35.3 Å². The largest absolute Gasteiger partial charge is 0.494 e. The van der Waals surface area contributed by atoms with E-state index in [0.29, 0.717) is 17.7 Å². The maximum atomic E-state index is 12.5. The summed E-state index contributed by atoms with van der Waals surface area (Å²) in [4.78, 5) is 23.9. The van der Waals surface area contributed by atoms with Crippen molar-refractivity contribution in [1.82, 2.24) is 5.32 Å². The molecule has 0 bridgehead atoms. The van der Waals surface area contributed by atoms with Crippen molar-refractivity contribution in [2.45, 2.75) is 19.4 Å². The number of hydrogen-bond acceptors (Lipinski definition) is 3. The number of ether oxygens (including phenoxy) is 1. The normalized spacial score (nSPS) is 13.8. The Hall–Kier alpha value is -2.24. The average Bonchev–Trinajstić information content (AvgIpc) is 2.93. The molecule has 0 saturated heterocycles. The minimum absolute atomic E-state index is 0.0219. The highest BCUT2D eigenvalue weighted by Crippen LogP contribution is 2.34. The summed E-state index contributed by atoms with van der Waals surface area (Å²) in [6.07, 6.45) is 0.355. The summed E-state index contributed by atoms with van der Waals surface area (Å²) in [7, 11) is 1.46. The molecule has 0 fully saturated rings. The van der Waals surface area contributed by atoms with Crippen molar-refractivity contribution in [1.29, 1.82) is 0 Å². The molecule has 2 amide bonds. The van der Waals surface area contributed by atoms with Gasteiger partial charge in [-0.05, 0) is 36.2 Å². The number of amides is 2.